The van der Waals surface area contributed by atoms with Gasteiger partial charge in [0.1, 0.15) is 0 Å². The van der Waals surface area contributed by atoms with Gasteiger partial charge in [0.2, 0.25) is 11.8 Å². The summed E-state index contributed by atoms with van der Waals surface area (Å²) in [4.78, 5) is 39.5. The maximum atomic E-state index is 13.1. The molecule has 0 bridgehead atoms. The van der Waals surface area contributed by atoms with Crippen molar-refractivity contribution in [2.75, 3.05) is 26.7 Å². The summed E-state index contributed by atoms with van der Waals surface area (Å²) in [6.07, 6.45) is -0.539. The van der Waals surface area contributed by atoms with E-state index >= 15 is 0 Å². The maximum Gasteiger partial charge on any atom is 0.306 e. The quantitative estimate of drug-likeness (QED) is 0.856. The topological polar surface area (TPSA) is 87.2 Å². The Balaban J connectivity index is 1.80. The number of rotatable bonds is 4. The molecule has 2 saturated heterocycles. The second-order valence-corrected chi connectivity index (χ2v) is 7.13. The van der Waals surface area contributed by atoms with Crippen LogP contribution in [0.25, 0.3) is 0 Å². The third kappa shape index (κ3) is 3.83. The fourth-order valence-electron chi connectivity index (χ4n) is 3.71. The zero-order chi connectivity index (χ0) is 18.8. The van der Waals surface area contributed by atoms with Gasteiger partial charge in [-0.2, -0.15) is 0 Å². The minimum Gasteiger partial charge on any atom is -0.481 e. The fraction of sp³-hybridized carbons (Fsp3) is 0.500. The molecule has 0 radical (unpaired) electrons. The molecule has 0 unspecified atom stereocenters. The minimum absolute atomic E-state index is 0.0938. The number of carboxylic acids is 1. The largest absolute Gasteiger partial charge is 0.481 e. The van der Waals surface area contributed by atoms with E-state index in [-0.39, 0.29) is 37.2 Å². The van der Waals surface area contributed by atoms with Crippen LogP contribution in [0.5, 0.6) is 0 Å². The molecule has 3 atom stereocenters. The van der Waals surface area contributed by atoms with Crippen LogP contribution in [0, 0.1) is 5.92 Å². The van der Waals surface area contributed by atoms with Crippen LogP contribution < -0.4 is 0 Å². The molecule has 0 spiro atoms. The third-order valence-electron chi connectivity index (χ3n) is 4.95. The number of halogens is 1. The molecule has 26 heavy (non-hydrogen) atoms. The van der Waals surface area contributed by atoms with Gasteiger partial charge in [0.25, 0.3) is 0 Å². The van der Waals surface area contributed by atoms with Crippen LogP contribution in [-0.2, 0) is 19.1 Å². The molecule has 1 aromatic rings. The minimum atomic E-state index is -0.961. The van der Waals surface area contributed by atoms with E-state index in [4.69, 9.17) is 21.4 Å². The van der Waals surface area contributed by atoms with Gasteiger partial charge >= 0.3 is 5.97 Å². The number of hydrogen-bond acceptors (Lipinski definition) is 4. The third-order valence-corrected chi connectivity index (χ3v) is 5.18. The number of nitrogens with zero attached hydrogens (tertiary/aromatic N) is 2. The molecular formula is C18H21ClN2O5. The van der Waals surface area contributed by atoms with Crippen molar-refractivity contribution in [2.24, 2.45) is 5.92 Å². The van der Waals surface area contributed by atoms with Gasteiger partial charge in [0.05, 0.1) is 31.1 Å². The van der Waals surface area contributed by atoms with Crippen LogP contribution in [0.1, 0.15) is 24.4 Å². The molecule has 140 valence electrons. The summed E-state index contributed by atoms with van der Waals surface area (Å²) in [6.45, 7) is 0.912. The van der Waals surface area contributed by atoms with Gasteiger partial charge in [-0.1, -0.05) is 23.7 Å². The average Bonchev–Trinajstić information content (AvgIpc) is 2.89. The van der Waals surface area contributed by atoms with Gasteiger partial charge in [-0.25, -0.2) is 0 Å². The van der Waals surface area contributed by atoms with Gasteiger partial charge < -0.3 is 19.6 Å². The SMILES string of the molecule is CN1C(=O)C[C@H](C(=O)N2CCO[C@@H](CC(=O)O)C2)[C@H]1c1cccc(Cl)c1. The summed E-state index contributed by atoms with van der Waals surface area (Å²) in [7, 11) is 1.69. The lowest BCUT2D eigenvalue weighted by molar-refractivity contribution is -0.150. The second kappa shape index (κ2) is 7.63. The highest BCUT2D eigenvalue weighted by molar-refractivity contribution is 6.30. The van der Waals surface area contributed by atoms with Crippen LogP contribution in [0.4, 0.5) is 0 Å². The molecular weight excluding hydrogens is 360 g/mol. The van der Waals surface area contributed by atoms with Crippen molar-refractivity contribution < 1.29 is 24.2 Å². The molecule has 1 N–H and O–H groups in total. The molecule has 2 aliphatic rings. The summed E-state index contributed by atoms with van der Waals surface area (Å²) in [5, 5.41) is 9.49. The average molecular weight is 381 g/mol. The van der Waals surface area contributed by atoms with Gasteiger partial charge in [0, 0.05) is 31.6 Å². The molecule has 2 fully saturated rings. The lowest BCUT2D eigenvalue weighted by Crippen LogP contribution is -2.49. The van der Waals surface area contributed by atoms with Crippen LogP contribution in [0.3, 0.4) is 0 Å². The number of amides is 2. The van der Waals surface area contributed by atoms with Crippen LogP contribution in [-0.4, -0.2) is 65.5 Å². The number of benzene rings is 1. The van der Waals surface area contributed by atoms with Crippen molar-refractivity contribution in [1.29, 1.82) is 0 Å². The number of ether oxygens (including phenoxy) is 1. The Hall–Kier alpha value is -2.12. The Kier molecular flexibility index (Phi) is 5.48. The summed E-state index contributed by atoms with van der Waals surface area (Å²) in [6, 6.07) is 6.80. The van der Waals surface area contributed by atoms with Crippen molar-refractivity contribution in [3.8, 4) is 0 Å². The number of carbonyl (C=O) groups is 3. The van der Waals surface area contributed by atoms with Crippen molar-refractivity contribution in [2.45, 2.75) is 25.0 Å². The molecule has 0 aliphatic carbocycles. The Morgan fingerprint density at radius 1 is 1.38 bits per heavy atom. The summed E-state index contributed by atoms with van der Waals surface area (Å²) < 4.78 is 5.43. The molecule has 7 nitrogen and oxygen atoms in total. The van der Waals surface area contributed by atoms with E-state index in [1.54, 1.807) is 35.0 Å². The zero-order valence-electron chi connectivity index (χ0n) is 14.4. The molecule has 2 heterocycles. The van der Waals surface area contributed by atoms with Crippen LogP contribution in [0.15, 0.2) is 24.3 Å². The molecule has 2 aliphatic heterocycles. The van der Waals surface area contributed by atoms with E-state index in [9.17, 15) is 14.4 Å². The number of morpholine rings is 1. The van der Waals surface area contributed by atoms with E-state index in [2.05, 4.69) is 0 Å². The van der Waals surface area contributed by atoms with E-state index < -0.39 is 18.0 Å². The highest BCUT2D eigenvalue weighted by Gasteiger charge is 2.45. The summed E-state index contributed by atoms with van der Waals surface area (Å²) in [5.41, 5.74) is 0.819. The number of likely N-dealkylation sites (tertiary alicyclic amines) is 1. The van der Waals surface area contributed by atoms with Crippen molar-refractivity contribution in [3.63, 3.8) is 0 Å². The Morgan fingerprint density at radius 2 is 2.15 bits per heavy atom. The van der Waals surface area contributed by atoms with E-state index in [0.29, 0.717) is 18.2 Å². The Bertz CT molecular complexity index is 725. The first-order valence-electron chi connectivity index (χ1n) is 8.50. The molecule has 8 heteroatoms. The Labute approximate surface area is 156 Å². The van der Waals surface area contributed by atoms with E-state index in [0.717, 1.165) is 5.56 Å². The number of carboxylic acid groups (broad SMARTS) is 1. The lowest BCUT2D eigenvalue weighted by atomic mass is 9.92. The second-order valence-electron chi connectivity index (χ2n) is 6.69. The van der Waals surface area contributed by atoms with E-state index in [1.807, 2.05) is 6.07 Å². The smallest absolute Gasteiger partial charge is 0.306 e. The van der Waals surface area contributed by atoms with Crippen LogP contribution in [0.2, 0.25) is 5.02 Å². The molecule has 2 amide bonds. The predicted octanol–water partition coefficient (Wildman–Crippen LogP) is 1.56. The molecule has 0 saturated carbocycles. The first-order valence-corrected chi connectivity index (χ1v) is 8.88. The normalized spacial score (nSPS) is 26.2. The first kappa shape index (κ1) is 18.7. The van der Waals surface area contributed by atoms with Gasteiger partial charge in [-0.15, -0.1) is 0 Å². The molecule has 3 rings (SSSR count). The zero-order valence-corrected chi connectivity index (χ0v) is 15.2. The van der Waals surface area contributed by atoms with Crippen molar-refractivity contribution >= 4 is 29.4 Å². The number of carbonyl (C=O) groups excluding carboxylic acids is 2. The summed E-state index contributed by atoms with van der Waals surface area (Å²) >= 11 is 6.08. The molecule has 0 aromatic heterocycles. The lowest BCUT2D eigenvalue weighted by Gasteiger charge is -2.35. The van der Waals surface area contributed by atoms with Gasteiger partial charge in [-0.05, 0) is 17.7 Å². The fourth-order valence-corrected chi connectivity index (χ4v) is 3.91. The maximum absolute atomic E-state index is 13.1. The first-order chi connectivity index (χ1) is 12.4. The van der Waals surface area contributed by atoms with Gasteiger partial charge in [-0.3, -0.25) is 14.4 Å². The van der Waals surface area contributed by atoms with Gasteiger partial charge in [0.15, 0.2) is 0 Å². The van der Waals surface area contributed by atoms with Crippen LogP contribution >= 0.6 is 11.6 Å². The monoisotopic (exact) mass is 380 g/mol. The summed E-state index contributed by atoms with van der Waals surface area (Å²) in [5.74, 6) is -1.72. The standard InChI is InChI=1S/C18H21ClN2O5/c1-20-15(22)9-14(17(20)11-3-2-4-12(19)7-11)18(25)21-5-6-26-13(10-21)8-16(23)24/h2-4,7,13-14,17H,5-6,8-10H2,1H3,(H,23,24)/t13-,14-,17+/m0/s1. The van der Waals surface area contributed by atoms with Crippen molar-refractivity contribution in [1.82, 2.24) is 9.80 Å². The van der Waals surface area contributed by atoms with E-state index in [1.165, 1.54) is 0 Å². The predicted molar refractivity (Wildman–Crippen MR) is 93.6 cm³/mol. The Morgan fingerprint density at radius 3 is 2.85 bits per heavy atom. The molecule has 1 aromatic carbocycles. The highest BCUT2D eigenvalue weighted by atomic mass is 35.5. The number of hydrogen-bond donors (Lipinski definition) is 1. The highest BCUT2D eigenvalue weighted by Crippen LogP contribution is 2.39. The van der Waals surface area contributed by atoms with Crippen molar-refractivity contribution in [3.05, 3.63) is 34.9 Å². The number of aliphatic carboxylic acids is 1.